The van der Waals surface area contributed by atoms with E-state index in [0.29, 0.717) is 5.88 Å². The topological polar surface area (TPSA) is 25.8 Å². The predicted octanol–water partition coefficient (Wildman–Crippen LogP) is 2.92. The monoisotopic (exact) mass is 218 g/mol. The number of aromatic nitrogens is 2. The van der Waals surface area contributed by atoms with Crippen molar-refractivity contribution in [3.05, 3.63) is 48.3 Å². The number of rotatable bonds is 3. The Balaban J connectivity index is 2.24. The molecule has 0 saturated heterocycles. The van der Waals surface area contributed by atoms with Crippen LogP contribution in [0, 0.1) is 0 Å². The van der Waals surface area contributed by atoms with Crippen LogP contribution in [-0.4, -0.2) is 15.8 Å². The summed E-state index contributed by atoms with van der Waals surface area (Å²) in [5, 5.41) is 0. The summed E-state index contributed by atoms with van der Waals surface area (Å²) in [6, 6.07) is 9.81. The number of alkyl halides is 1. The molecule has 0 bridgehead atoms. The Morgan fingerprint density at radius 2 is 1.87 bits per heavy atom. The van der Waals surface area contributed by atoms with Gasteiger partial charge in [-0.15, -0.1) is 11.6 Å². The van der Waals surface area contributed by atoms with Gasteiger partial charge >= 0.3 is 0 Å². The number of halogens is 1. The van der Waals surface area contributed by atoms with Crippen molar-refractivity contribution in [2.45, 2.75) is 6.42 Å². The molecule has 15 heavy (non-hydrogen) atoms. The van der Waals surface area contributed by atoms with Gasteiger partial charge < -0.3 is 0 Å². The third kappa shape index (κ3) is 2.54. The smallest absolute Gasteiger partial charge is 0.0886 e. The van der Waals surface area contributed by atoms with Crippen molar-refractivity contribution in [2.24, 2.45) is 0 Å². The summed E-state index contributed by atoms with van der Waals surface area (Å²) in [6.45, 7) is 0. The van der Waals surface area contributed by atoms with Crippen molar-refractivity contribution in [3.63, 3.8) is 0 Å². The molecule has 0 fully saturated rings. The van der Waals surface area contributed by atoms with Crippen molar-refractivity contribution in [2.75, 3.05) is 5.88 Å². The van der Waals surface area contributed by atoms with E-state index in [2.05, 4.69) is 9.97 Å². The molecule has 2 aromatic rings. The molecule has 0 N–H and O–H groups in total. The molecule has 76 valence electrons. The van der Waals surface area contributed by atoms with Crippen molar-refractivity contribution < 1.29 is 0 Å². The summed E-state index contributed by atoms with van der Waals surface area (Å²) in [7, 11) is 0. The normalized spacial score (nSPS) is 10.2. The van der Waals surface area contributed by atoms with Gasteiger partial charge in [-0.05, 0) is 30.2 Å². The van der Waals surface area contributed by atoms with Gasteiger partial charge in [-0.1, -0.05) is 12.1 Å². The fourth-order valence-electron chi connectivity index (χ4n) is 1.35. The molecular weight excluding hydrogens is 208 g/mol. The first-order valence-corrected chi connectivity index (χ1v) is 5.36. The van der Waals surface area contributed by atoms with Crippen LogP contribution < -0.4 is 0 Å². The Hall–Kier alpha value is -1.41. The summed E-state index contributed by atoms with van der Waals surface area (Å²) < 4.78 is 0. The molecule has 0 atom stereocenters. The van der Waals surface area contributed by atoms with Gasteiger partial charge in [0, 0.05) is 18.3 Å². The van der Waals surface area contributed by atoms with Crippen molar-refractivity contribution in [1.82, 2.24) is 9.97 Å². The molecular formula is C12H11ClN2. The van der Waals surface area contributed by atoms with E-state index in [1.807, 2.05) is 36.5 Å². The van der Waals surface area contributed by atoms with E-state index in [0.717, 1.165) is 23.4 Å². The second-order valence-electron chi connectivity index (χ2n) is 3.21. The van der Waals surface area contributed by atoms with Crippen LogP contribution in [0.5, 0.6) is 0 Å². The standard InChI is InChI=1S/C12H11ClN2/c13-7-6-10-4-5-12(15-9-10)11-3-1-2-8-14-11/h1-5,8-9H,6-7H2. The van der Waals surface area contributed by atoms with Crippen LogP contribution in [-0.2, 0) is 6.42 Å². The third-order valence-electron chi connectivity index (χ3n) is 2.14. The maximum absolute atomic E-state index is 5.65. The van der Waals surface area contributed by atoms with Gasteiger partial charge in [0.05, 0.1) is 11.4 Å². The highest BCUT2D eigenvalue weighted by Crippen LogP contribution is 2.13. The number of hydrogen-bond acceptors (Lipinski definition) is 2. The van der Waals surface area contributed by atoms with Crippen LogP contribution >= 0.6 is 11.6 Å². The van der Waals surface area contributed by atoms with E-state index in [1.54, 1.807) is 6.20 Å². The summed E-state index contributed by atoms with van der Waals surface area (Å²) >= 11 is 5.65. The minimum atomic E-state index is 0.630. The highest BCUT2D eigenvalue weighted by molar-refractivity contribution is 6.17. The summed E-state index contributed by atoms with van der Waals surface area (Å²) in [5.41, 5.74) is 2.95. The summed E-state index contributed by atoms with van der Waals surface area (Å²) in [6.07, 6.45) is 4.48. The van der Waals surface area contributed by atoms with Gasteiger partial charge in [-0.2, -0.15) is 0 Å². The predicted molar refractivity (Wildman–Crippen MR) is 61.9 cm³/mol. The zero-order valence-corrected chi connectivity index (χ0v) is 8.98. The molecule has 0 radical (unpaired) electrons. The Morgan fingerprint density at radius 3 is 2.47 bits per heavy atom. The lowest BCUT2D eigenvalue weighted by atomic mass is 10.2. The van der Waals surface area contributed by atoms with Gasteiger partial charge in [0.2, 0.25) is 0 Å². The Labute approximate surface area is 94.0 Å². The molecule has 2 heterocycles. The van der Waals surface area contributed by atoms with Crippen LogP contribution in [0.25, 0.3) is 11.4 Å². The molecule has 0 aromatic carbocycles. The maximum atomic E-state index is 5.65. The SMILES string of the molecule is ClCCc1ccc(-c2ccccn2)nc1. The van der Waals surface area contributed by atoms with E-state index in [-0.39, 0.29) is 0 Å². The van der Waals surface area contributed by atoms with Crippen molar-refractivity contribution in [3.8, 4) is 11.4 Å². The van der Waals surface area contributed by atoms with Crippen LogP contribution in [0.2, 0.25) is 0 Å². The molecule has 3 heteroatoms. The molecule has 0 unspecified atom stereocenters. The fourth-order valence-corrected chi connectivity index (χ4v) is 1.57. The number of hydrogen-bond donors (Lipinski definition) is 0. The molecule has 0 saturated carbocycles. The Kier molecular flexibility index (Phi) is 3.30. The van der Waals surface area contributed by atoms with E-state index in [1.165, 1.54) is 0 Å². The molecule has 2 aromatic heterocycles. The second-order valence-corrected chi connectivity index (χ2v) is 3.58. The van der Waals surface area contributed by atoms with Gasteiger partial charge in [0.15, 0.2) is 0 Å². The van der Waals surface area contributed by atoms with Crippen LogP contribution in [0.15, 0.2) is 42.7 Å². The lowest BCUT2D eigenvalue weighted by Gasteiger charge is -2.01. The number of pyridine rings is 2. The van der Waals surface area contributed by atoms with Crippen molar-refractivity contribution >= 4 is 11.6 Å². The molecule has 0 aliphatic rings. The summed E-state index contributed by atoms with van der Waals surface area (Å²) in [4.78, 5) is 8.58. The second kappa shape index (κ2) is 4.89. The van der Waals surface area contributed by atoms with E-state index >= 15 is 0 Å². The highest BCUT2D eigenvalue weighted by atomic mass is 35.5. The maximum Gasteiger partial charge on any atom is 0.0886 e. The van der Waals surface area contributed by atoms with Crippen molar-refractivity contribution in [1.29, 1.82) is 0 Å². The molecule has 2 rings (SSSR count). The first kappa shape index (κ1) is 10.1. The lowest BCUT2D eigenvalue weighted by Crippen LogP contribution is -1.90. The van der Waals surface area contributed by atoms with Gasteiger partial charge in [-0.3, -0.25) is 9.97 Å². The van der Waals surface area contributed by atoms with E-state index in [9.17, 15) is 0 Å². The molecule has 2 nitrogen and oxygen atoms in total. The van der Waals surface area contributed by atoms with Crippen LogP contribution in [0.3, 0.4) is 0 Å². The highest BCUT2D eigenvalue weighted by Gasteiger charge is 1.99. The van der Waals surface area contributed by atoms with Gasteiger partial charge in [0.25, 0.3) is 0 Å². The number of aryl methyl sites for hydroxylation is 1. The van der Waals surface area contributed by atoms with E-state index in [4.69, 9.17) is 11.6 Å². The minimum absolute atomic E-state index is 0.630. The molecule has 0 spiro atoms. The average Bonchev–Trinajstić information content (AvgIpc) is 2.32. The fraction of sp³-hybridized carbons (Fsp3) is 0.167. The minimum Gasteiger partial charge on any atom is -0.255 e. The average molecular weight is 219 g/mol. The summed E-state index contributed by atoms with van der Waals surface area (Å²) in [5.74, 6) is 0.630. The van der Waals surface area contributed by atoms with Crippen LogP contribution in [0.4, 0.5) is 0 Å². The number of nitrogens with zero attached hydrogens (tertiary/aromatic N) is 2. The van der Waals surface area contributed by atoms with Gasteiger partial charge in [0.1, 0.15) is 0 Å². The molecule has 0 aliphatic heterocycles. The first-order valence-electron chi connectivity index (χ1n) is 4.82. The lowest BCUT2D eigenvalue weighted by molar-refractivity contribution is 1.11. The zero-order valence-electron chi connectivity index (χ0n) is 8.23. The van der Waals surface area contributed by atoms with Crippen LogP contribution in [0.1, 0.15) is 5.56 Å². The largest absolute Gasteiger partial charge is 0.255 e. The third-order valence-corrected chi connectivity index (χ3v) is 2.32. The molecule has 0 aliphatic carbocycles. The quantitative estimate of drug-likeness (QED) is 0.741. The Bertz CT molecular complexity index is 411. The van der Waals surface area contributed by atoms with Gasteiger partial charge in [-0.25, -0.2) is 0 Å². The zero-order chi connectivity index (χ0) is 10.5. The first-order chi connectivity index (χ1) is 7.40. The Morgan fingerprint density at radius 1 is 1.00 bits per heavy atom. The van der Waals surface area contributed by atoms with E-state index < -0.39 is 0 Å². The molecule has 0 amide bonds.